The number of benzene rings is 5. The third-order valence-electron chi connectivity index (χ3n) is 6.48. The van der Waals surface area contributed by atoms with Gasteiger partial charge in [0.25, 0.3) is 0 Å². The topological polar surface area (TPSA) is 61.8 Å². The first-order valence-corrected chi connectivity index (χ1v) is 12.9. The summed E-state index contributed by atoms with van der Waals surface area (Å²) in [6.45, 7) is 0.334. The number of ketones is 1. The molecule has 1 unspecified atom stereocenters. The quantitative estimate of drug-likeness (QED) is 0.139. The standard InChI is InChI=1S/C35H28O5/c1-38-35(37)34(29-12-6-3-7-13-29)40-30-22-20-27(21-23-30)26-18-16-25(17-19-26)24-39-32-15-9-8-14-31(32)33(36)28-10-4-2-5-11-28/h2-23,34H,24H2,1H3. The van der Waals surface area contributed by atoms with Crippen LogP contribution >= 0.6 is 0 Å². The highest BCUT2D eigenvalue weighted by Crippen LogP contribution is 2.28. The second-order valence-electron chi connectivity index (χ2n) is 9.13. The van der Waals surface area contributed by atoms with E-state index in [2.05, 4.69) is 0 Å². The molecule has 0 aliphatic heterocycles. The summed E-state index contributed by atoms with van der Waals surface area (Å²) in [6.07, 6.45) is -0.843. The maximum atomic E-state index is 13.0. The number of carbonyl (C=O) groups is 2. The zero-order valence-electron chi connectivity index (χ0n) is 22.0. The van der Waals surface area contributed by atoms with Crippen LogP contribution in [0.15, 0.2) is 133 Å². The van der Waals surface area contributed by atoms with E-state index in [4.69, 9.17) is 14.2 Å². The van der Waals surface area contributed by atoms with E-state index in [1.54, 1.807) is 18.2 Å². The zero-order chi connectivity index (χ0) is 27.7. The second kappa shape index (κ2) is 12.6. The molecule has 0 amide bonds. The van der Waals surface area contributed by atoms with Crippen molar-refractivity contribution in [2.24, 2.45) is 0 Å². The second-order valence-corrected chi connectivity index (χ2v) is 9.13. The van der Waals surface area contributed by atoms with E-state index < -0.39 is 12.1 Å². The van der Waals surface area contributed by atoms with Gasteiger partial charge in [-0.3, -0.25) is 4.79 Å². The van der Waals surface area contributed by atoms with Crippen LogP contribution in [0.4, 0.5) is 0 Å². The first kappa shape index (κ1) is 26.4. The molecule has 0 heterocycles. The van der Waals surface area contributed by atoms with Crippen LogP contribution in [0.5, 0.6) is 11.5 Å². The third kappa shape index (κ3) is 6.27. The molecule has 5 aromatic carbocycles. The molecule has 198 valence electrons. The van der Waals surface area contributed by atoms with E-state index in [-0.39, 0.29) is 5.78 Å². The lowest BCUT2D eigenvalue weighted by Crippen LogP contribution is -2.20. The minimum absolute atomic E-state index is 0.0688. The van der Waals surface area contributed by atoms with Crippen LogP contribution in [0.3, 0.4) is 0 Å². The lowest BCUT2D eigenvalue weighted by molar-refractivity contribution is -0.149. The molecule has 0 radical (unpaired) electrons. The Kier molecular flexibility index (Phi) is 8.32. The van der Waals surface area contributed by atoms with Crippen molar-refractivity contribution in [2.75, 3.05) is 7.11 Å². The molecular formula is C35H28O5. The molecule has 0 saturated carbocycles. The highest BCUT2D eigenvalue weighted by Gasteiger charge is 2.23. The Hall–Kier alpha value is -5.16. The summed E-state index contributed by atoms with van der Waals surface area (Å²) < 4.78 is 17.0. The van der Waals surface area contributed by atoms with Crippen LogP contribution < -0.4 is 9.47 Å². The monoisotopic (exact) mass is 528 g/mol. The van der Waals surface area contributed by atoms with E-state index in [1.807, 2.05) is 115 Å². The van der Waals surface area contributed by atoms with Gasteiger partial charge >= 0.3 is 5.97 Å². The van der Waals surface area contributed by atoms with E-state index in [1.165, 1.54) is 7.11 Å². The normalized spacial score (nSPS) is 11.3. The number of rotatable bonds is 10. The fraction of sp³-hybridized carbons (Fsp3) is 0.0857. The van der Waals surface area contributed by atoms with E-state index in [0.29, 0.717) is 29.2 Å². The summed E-state index contributed by atoms with van der Waals surface area (Å²) in [4.78, 5) is 25.3. The molecule has 0 N–H and O–H groups in total. The molecule has 5 aromatic rings. The Labute approximate surface area is 233 Å². The average molecular weight is 529 g/mol. The van der Waals surface area contributed by atoms with Crippen LogP contribution in [0.1, 0.15) is 33.2 Å². The Morgan fingerprint density at radius 3 is 1.88 bits per heavy atom. The maximum absolute atomic E-state index is 13.0. The van der Waals surface area contributed by atoms with Gasteiger partial charge in [0.1, 0.15) is 18.1 Å². The summed E-state index contributed by atoms with van der Waals surface area (Å²) >= 11 is 0. The van der Waals surface area contributed by atoms with Gasteiger partial charge in [0.05, 0.1) is 12.7 Å². The van der Waals surface area contributed by atoms with E-state index in [9.17, 15) is 9.59 Å². The van der Waals surface area contributed by atoms with Crippen molar-refractivity contribution >= 4 is 11.8 Å². The summed E-state index contributed by atoms with van der Waals surface area (Å²) in [5.41, 5.74) is 4.91. The first-order valence-electron chi connectivity index (χ1n) is 12.9. The highest BCUT2D eigenvalue weighted by atomic mass is 16.6. The van der Waals surface area contributed by atoms with E-state index >= 15 is 0 Å². The van der Waals surface area contributed by atoms with Gasteiger partial charge in [0, 0.05) is 11.1 Å². The van der Waals surface area contributed by atoms with Crippen molar-refractivity contribution in [3.63, 3.8) is 0 Å². The van der Waals surface area contributed by atoms with Crippen LogP contribution in [0.2, 0.25) is 0 Å². The number of methoxy groups -OCH3 is 1. The van der Waals surface area contributed by atoms with Crippen LogP contribution in [-0.2, 0) is 16.1 Å². The van der Waals surface area contributed by atoms with Crippen molar-refractivity contribution in [2.45, 2.75) is 12.7 Å². The average Bonchev–Trinajstić information content (AvgIpc) is 3.03. The lowest BCUT2D eigenvalue weighted by atomic mass is 10.0. The number of hydrogen-bond acceptors (Lipinski definition) is 5. The van der Waals surface area contributed by atoms with E-state index in [0.717, 1.165) is 22.3 Å². The van der Waals surface area contributed by atoms with Gasteiger partial charge in [-0.25, -0.2) is 4.79 Å². The summed E-state index contributed by atoms with van der Waals surface area (Å²) in [5, 5.41) is 0. The maximum Gasteiger partial charge on any atom is 0.351 e. The molecule has 5 heteroatoms. The van der Waals surface area contributed by atoms with Crippen molar-refractivity contribution < 1.29 is 23.8 Å². The summed E-state index contributed by atoms with van der Waals surface area (Å²) in [5.74, 6) is 0.592. The number of ether oxygens (including phenoxy) is 3. The van der Waals surface area contributed by atoms with Crippen molar-refractivity contribution in [3.8, 4) is 22.6 Å². The minimum Gasteiger partial charge on any atom is -0.488 e. The molecule has 0 aromatic heterocycles. The number of carbonyl (C=O) groups excluding carboxylic acids is 2. The first-order chi connectivity index (χ1) is 19.6. The molecule has 40 heavy (non-hydrogen) atoms. The molecule has 0 aliphatic carbocycles. The fourth-order valence-corrected chi connectivity index (χ4v) is 4.33. The highest BCUT2D eigenvalue weighted by molar-refractivity contribution is 6.10. The van der Waals surface area contributed by atoms with Gasteiger partial charge < -0.3 is 14.2 Å². The largest absolute Gasteiger partial charge is 0.488 e. The van der Waals surface area contributed by atoms with Gasteiger partial charge in [-0.1, -0.05) is 109 Å². The van der Waals surface area contributed by atoms with Crippen LogP contribution in [-0.4, -0.2) is 18.9 Å². The zero-order valence-corrected chi connectivity index (χ0v) is 22.0. The fourth-order valence-electron chi connectivity index (χ4n) is 4.33. The van der Waals surface area contributed by atoms with Gasteiger partial charge in [0.15, 0.2) is 5.78 Å². The summed E-state index contributed by atoms with van der Waals surface area (Å²) in [6, 6.07) is 41.4. The van der Waals surface area contributed by atoms with Gasteiger partial charge in [-0.05, 0) is 41.0 Å². The molecule has 0 saturated heterocycles. The Morgan fingerprint density at radius 2 is 1.23 bits per heavy atom. The number of esters is 1. The van der Waals surface area contributed by atoms with Gasteiger partial charge in [-0.15, -0.1) is 0 Å². The predicted molar refractivity (Wildman–Crippen MR) is 154 cm³/mol. The molecule has 5 nitrogen and oxygen atoms in total. The number of hydrogen-bond donors (Lipinski definition) is 0. The van der Waals surface area contributed by atoms with Gasteiger partial charge in [0.2, 0.25) is 6.10 Å². The van der Waals surface area contributed by atoms with Crippen molar-refractivity contribution in [1.29, 1.82) is 0 Å². The molecule has 0 aliphatic rings. The molecule has 0 spiro atoms. The Bertz CT molecular complexity index is 1560. The SMILES string of the molecule is COC(=O)C(Oc1ccc(-c2ccc(COc3ccccc3C(=O)c3ccccc3)cc2)cc1)c1ccccc1. The van der Waals surface area contributed by atoms with Crippen molar-refractivity contribution in [1.82, 2.24) is 0 Å². The molecular weight excluding hydrogens is 500 g/mol. The van der Waals surface area contributed by atoms with Gasteiger partial charge in [-0.2, -0.15) is 0 Å². The molecule has 1 atom stereocenters. The molecule has 0 fully saturated rings. The van der Waals surface area contributed by atoms with Crippen LogP contribution in [0.25, 0.3) is 11.1 Å². The number of para-hydroxylation sites is 1. The molecule has 0 bridgehead atoms. The Balaban J connectivity index is 1.24. The summed E-state index contributed by atoms with van der Waals surface area (Å²) in [7, 11) is 1.35. The molecule has 5 rings (SSSR count). The Morgan fingerprint density at radius 1 is 0.650 bits per heavy atom. The lowest BCUT2D eigenvalue weighted by Gasteiger charge is -2.17. The van der Waals surface area contributed by atoms with Crippen LogP contribution in [0, 0.1) is 0 Å². The van der Waals surface area contributed by atoms with Crippen molar-refractivity contribution in [3.05, 3.63) is 156 Å². The smallest absolute Gasteiger partial charge is 0.351 e. The third-order valence-corrected chi connectivity index (χ3v) is 6.48. The minimum atomic E-state index is -0.843. The predicted octanol–water partition coefficient (Wildman–Crippen LogP) is 7.46.